The molecule has 0 aliphatic heterocycles. The minimum atomic E-state index is -0.432. The number of nitrogens with zero attached hydrogens (tertiary/aromatic N) is 1. The lowest BCUT2D eigenvalue weighted by Gasteiger charge is -2.10. The van der Waals surface area contributed by atoms with E-state index in [1.165, 1.54) is 17.2 Å². The lowest BCUT2D eigenvalue weighted by atomic mass is 9.98. The Balaban J connectivity index is 2.22. The summed E-state index contributed by atoms with van der Waals surface area (Å²) in [7, 11) is 0. The number of rotatable bonds is 3. The highest BCUT2D eigenvalue weighted by Crippen LogP contribution is 2.17. The van der Waals surface area contributed by atoms with Crippen molar-refractivity contribution in [3.63, 3.8) is 0 Å². The van der Waals surface area contributed by atoms with Gasteiger partial charge in [0.1, 0.15) is 5.75 Å². The first-order valence-electron chi connectivity index (χ1n) is 7.11. The molecule has 0 spiro atoms. The van der Waals surface area contributed by atoms with E-state index >= 15 is 0 Å². The molecule has 2 N–H and O–H groups in total. The summed E-state index contributed by atoms with van der Waals surface area (Å²) < 4.78 is 0. The summed E-state index contributed by atoms with van der Waals surface area (Å²) in [6.45, 7) is 7.98. The van der Waals surface area contributed by atoms with Gasteiger partial charge in [0.25, 0.3) is 5.91 Å². The van der Waals surface area contributed by atoms with Gasteiger partial charge in [-0.1, -0.05) is 18.2 Å². The molecule has 0 saturated carbocycles. The van der Waals surface area contributed by atoms with Crippen molar-refractivity contribution < 1.29 is 9.90 Å². The van der Waals surface area contributed by atoms with E-state index < -0.39 is 5.91 Å². The zero-order chi connectivity index (χ0) is 16.3. The van der Waals surface area contributed by atoms with Gasteiger partial charge in [0.2, 0.25) is 0 Å². The summed E-state index contributed by atoms with van der Waals surface area (Å²) in [5.74, 6) is -0.492. The summed E-state index contributed by atoms with van der Waals surface area (Å²) in [5, 5.41) is 13.8. The summed E-state index contributed by atoms with van der Waals surface area (Å²) in [4.78, 5) is 12.0. The second kappa shape index (κ2) is 6.43. The smallest absolute Gasteiger partial charge is 0.275 e. The van der Waals surface area contributed by atoms with Crippen LogP contribution in [0.15, 0.2) is 41.5 Å². The molecular formula is C18H20N2O2. The van der Waals surface area contributed by atoms with Crippen LogP contribution in [0, 0.1) is 20.8 Å². The molecule has 0 aliphatic carbocycles. The molecule has 0 aromatic heterocycles. The number of phenols is 1. The van der Waals surface area contributed by atoms with E-state index in [0.717, 1.165) is 16.8 Å². The van der Waals surface area contributed by atoms with Crippen molar-refractivity contribution in [1.82, 2.24) is 5.43 Å². The van der Waals surface area contributed by atoms with E-state index in [-0.39, 0.29) is 11.3 Å². The van der Waals surface area contributed by atoms with Crippen LogP contribution in [0.25, 0.3) is 0 Å². The lowest BCUT2D eigenvalue weighted by Crippen LogP contribution is -2.19. The van der Waals surface area contributed by atoms with Crippen molar-refractivity contribution in [2.75, 3.05) is 0 Å². The Morgan fingerprint density at radius 3 is 2.32 bits per heavy atom. The van der Waals surface area contributed by atoms with Gasteiger partial charge < -0.3 is 5.11 Å². The monoisotopic (exact) mass is 296 g/mol. The number of nitrogens with one attached hydrogen (secondary N) is 1. The van der Waals surface area contributed by atoms with Gasteiger partial charge in [-0.15, -0.1) is 0 Å². The molecule has 4 nitrogen and oxygen atoms in total. The number of para-hydroxylation sites is 1. The quantitative estimate of drug-likeness (QED) is 0.673. The van der Waals surface area contributed by atoms with Crippen LogP contribution in [-0.4, -0.2) is 16.7 Å². The maximum atomic E-state index is 12.0. The molecule has 2 aromatic rings. The summed E-state index contributed by atoms with van der Waals surface area (Å²) >= 11 is 0. The Kier molecular flexibility index (Phi) is 4.61. The van der Waals surface area contributed by atoms with E-state index in [2.05, 4.69) is 29.6 Å². The zero-order valence-electron chi connectivity index (χ0n) is 13.3. The van der Waals surface area contributed by atoms with Gasteiger partial charge in [0.15, 0.2) is 0 Å². The third kappa shape index (κ3) is 3.34. The first-order chi connectivity index (χ1) is 10.4. The Morgan fingerprint density at radius 2 is 1.64 bits per heavy atom. The van der Waals surface area contributed by atoms with Crippen molar-refractivity contribution in [1.29, 1.82) is 0 Å². The molecule has 0 bridgehead atoms. The Hall–Kier alpha value is -2.62. The van der Waals surface area contributed by atoms with Crippen LogP contribution in [0.1, 0.15) is 39.5 Å². The van der Waals surface area contributed by atoms with Gasteiger partial charge in [0, 0.05) is 5.56 Å². The van der Waals surface area contributed by atoms with Crippen LogP contribution >= 0.6 is 0 Å². The minimum absolute atomic E-state index is 0.0600. The largest absolute Gasteiger partial charge is 0.507 e. The van der Waals surface area contributed by atoms with Gasteiger partial charge in [0.05, 0.1) is 11.3 Å². The number of phenolic OH excluding ortho intramolecular Hbond substituents is 1. The number of aromatic hydroxyl groups is 1. The second-order valence-electron chi connectivity index (χ2n) is 5.41. The van der Waals surface area contributed by atoms with Crippen molar-refractivity contribution in [3.8, 4) is 5.75 Å². The number of hydrazone groups is 1. The Morgan fingerprint density at radius 1 is 1.00 bits per heavy atom. The SMILES string of the molecule is C/C(=N/NC(=O)c1ccccc1O)c1cc(C)c(C)cc1C. The van der Waals surface area contributed by atoms with Gasteiger partial charge >= 0.3 is 0 Å². The second-order valence-corrected chi connectivity index (χ2v) is 5.41. The maximum Gasteiger partial charge on any atom is 0.275 e. The topological polar surface area (TPSA) is 61.7 Å². The number of benzene rings is 2. The van der Waals surface area contributed by atoms with Crippen LogP contribution in [0.4, 0.5) is 0 Å². The predicted octanol–water partition coefficient (Wildman–Crippen LogP) is 3.47. The first-order valence-corrected chi connectivity index (χ1v) is 7.11. The Labute approximate surface area is 130 Å². The van der Waals surface area contributed by atoms with Gasteiger partial charge in [-0.3, -0.25) is 4.79 Å². The average Bonchev–Trinajstić information content (AvgIpc) is 2.48. The number of carbonyl (C=O) groups excluding carboxylic acids is 1. The molecule has 0 fully saturated rings. The maximum absolute atomic E-state index is 12.0. The lowest BCUT2D eigenvalue weighted by molar-refractivity contribution is 0.0952. The standard InChI is InChI=1S/C18H20N2O2/c1-11-9-13(3)16(10-12(11)2)14(4)19-20-18(22)15-7-5-6-8-17(15)21/h5-10,21H,1-4H3,(H,20,22)/b19-14-. The van der Waals surface area contributed by atoms with Crippen LogP contribution in [-0.2, 0) is 0 Å². The highest BCUT2D eigenvalue weighted by atomic mass is 16.3. The van der Waals surface area contributed by atoms with Crippen molar-refractivity contribution in [2.24, 2.45) is 5.10 Å². The third-order valence-electron chi connectivity index (χ3n) is 3.70. The highest BCUT2D eigenvalue weighted by Gasteiger charge is 2.10. The van der Waals surface area contributed by atoms with Gasteiger partial charge in [-0.25, -0.2) is 5.43 Å². The van der Waals surface area contributed by atoms with Crippen molar-refractivity contribution in [3.05, 3.63) is 64.2 Å². The first kappa shape index (κ1) is 15.8. The summed E-state index contributed by atoms with van der Waals surface area (Å²) in [6, 6.07) is 10.6. The molecule has 0 saturated heterocycles. The summed E-state index contributed by atoms with van der Waals surface area (Å²) in [6.07, 6.45) is 0. The molecule has 0 unspecified atom stereocenters. The molecule has 1 amide bonds. The molecule has 2 aromatic carbocycles. The zero-order valence-corrected chi connectivity index (χ0v) is 13.3. The molecule has 4 heteroatoms. The fraction of sp³-hybridized carbons (Fsp3) is 0.222. The van der Waals surface area contributed by atoms with E-state index in [1.807, 2.05) is 20.8 Å². The van der Waals surface area contributed by atoms with Crippen molar-refractivity contribution >= 4 is 11.6 Å². The highest BCUT2D eigenvalue weighted by molar-refractivity contribution is 6.02. The van der Waals surface area contributed by atoms with Crippen LogP contribution in [0.3, 0.4) is 0 Å². The number of amides is 1. The van der Waals surface area contributed by atoms with Crippen molar-refractivity contribution in [2.45, 2.75) is 27.7 Å². The number of hydrogen-bond donors (Lipinski definition) is 2. The molecule has 0 aliphatic rings. The fourth-order valence-corrected chi connectivity index (χ4v) is 2.27. The molecular weight excluding hydrogens is 276 g/mol. The molecule has 2 rings (SSSR count). The number of aryl methyl sites for hydroxylation is 3. The normalized spacial score (nSPS) is 11.4. The molecule has 0 atom stereocenters. The van der Waals surface area contributed by atoms with Gasteiger partial charge in [-0.2, -0.15) is 5.10 Å². The fourth-order valence-electron chi connectivity index (χ4n) is 2.27. The van der Waals surface area contributed by atoms with Crippen LogP contribution in [0.5, 0.6) is 5.75 Å². The third-order valence-corrected chi connectivity index (χ3v) is 3.70. The minimum Gasteiger partial charge on any atom is -0.507 e. The van der Waals surface area contributed by atoms with E-state index in [9.17, 15) is 9.90 Å². The van der Waals surface area contributed by atoms with Gasteiger partial charge in [-0.05, 0) is 62.6 Å². The number of hydrogen-bond acceptors (Lipinski definition) is 3. The molecule has 114 valence electrons. The molecule has 0 radical (unpaired) electrons. The Bertz CT molecular complexity index is 749. The molecule has 22 heavy (non-hydrogen) atoms. The van der Waals surface area contributed by atoms with E-state index in [4.69, 9.17) is 0 Å². The average molecular weight is 296 g/mol. The summed E-state index contributed by atoms with van der Waals surface area (Å²) in [5.41, 5.74) is 7.94. The van der Waals surface area contributed by atoms with Crippen LogP contribution in [0.2, 0.25) is 0 Å². The van der Waals surface area contributed by atoms with Crippen LogP contribution < -0.4 is 5.43 Å². The number of carbonyl (C=O) groups is 1. The predicted molar refractivity (Wildman–Crippen MR) is 88.4 cm³/mol. The molecule has 0 heterocycles. The van der Waals surface area contributed by atoms with E-state index in [1.54, 1.807) is 18.2 Å². The van der Waals surface area contributed by atoms with E-state index in [0.29, 0.717) is 0 Å².